The average Bonchev–Trinajstić information content (AvgIpc) is 2.91. The number of hydrogen-bond acceptors (Lipinski definition) is 5. The van der Waals surface area contributed by atoms with E-state index < -0.39 is 5.97 Å². The minimum absolute atomic E-state index is 0.283. The van der Waals surface area contributed by atoms with Gasteiger partial charge in [-0.05, 0) is 34.7 Å². The van der Waals surface area contributed by atoms with Gasteiger partial charge in [-0.1, -0.05) is 0 Å². The molecule has 0 bridgehead atoms. The number of pyridine rings is 1. The van der Waals surface area contributed by atoms with Gasteiger partial charge in [0.15, 0.2) is 0 Å². The number of halogens is 1. The molecule has 0 aliphatic rings. The van der Waals surface area contributed by atoms with Crippen molar-refractivity contribution in [2.24, 2.45) is 0 Å². The van der Waals surface area contributed by atoms with Crippen LogP contribution in [0, 0.1) is 3.57 Å². The van der Waals surface area contributed by atoms with Crippen LogP contribution in [-0.2, 0) is 11.3 Å². The summed E-state index contributed by atoms with van der Waals surface area (Å²) in [6.07, 6.45) is 5.13. The Kier molecular flexibility index (Phi) is 4.72. The molecule has 7 heteroatoms. The van der Waals surface area contributed by atoms with Crippen molar-refractivity contribution < 1.29 is 14.3 Å². The summed E-state index contributed by atoms with van der Waals surface area (Å²) in [6.45, 7) is 0.958. The largest absolute Gasteiger partial charge is 0.475 e. The second-order valence-corrected chi connectivity index (χ2v) is 4.74. The van der Waals surface area contributed by atoms with Crippen LogP contribution in [0.1, 0.15) is 10.4 Å². The van der Waals surface area contributed by atoms with Crippen molar-refractivity contribution in [3.05, 3.63) is 39.9 Å². The highest BCUT2D eigenvalue weighted by Gasteiger charge is 2.18. The first-order valence-electron chi connectivity index (χ1n) is 5.55. The number of ether oxygens (including phenoxy) is 2. The van der Waals surface area contributed by atoms with E-state index in [4.69, 9.17) is 9.47 Å². The Morgan fingerprint density at radius 2 is 2.32 bits per heavy atom. The van der Waals surface area contributed by atoms with Crippen LogP contribution in [0.5, 0.6) is 5.88 Å². The van der Waals surface area contributed by atoms with Crippen molar-refractivity contribution in [1.29, 1.82) is 0 Å². The highest BCUT2D eigenvalue weighted by atomic mass is 127. The number of aromatic nitrogens is 3. The van der Waals surface area contributed by atoms with Gasteiger partial charge in [-0.3, -0.25) is 4.68 Å². The lowest BCUT2D eigenvalue weighted by Gasteiger charge is -2.10. The SMILES string of the molecule is COC(=O)c1c(I)ccnc1OCCn1cccn1. The molecule has 0 saturated carbocycles. The number of esters is 1. The van der Waals surface area contributed by atoms with Crippen LogP contribution in [0.25, 0.3) is 0 Å². The molecule has 0 N–H and O–H groups in total. The quantitative estimate of drug-likeness (QED) is 0.590. The number of nitrogens with zero attached hydrogens (tertiary/aromatic N) is 3. The Balaban J connectivity index is 2.07. The van der Waals surface area contributed by atoms with Gasteiger partial charge in [0.05, 0.1) is 13.7 Å². The third-order valence-corrected chi connectivity index (χ3v) is 3.27. The number of rotatable bonds is 5. The average molecular weight is 373 g/mol. The van der Waals surface area contributed by atoms with E-state index in [9.17, 15) is 4.79 Å². The third-order valence-electron chi connectivity index (χ3n) is 2.37. The van der Waals surface area contributed by atoms with E-state index >= 15 is 0 Å². The molecule has 0 spiro atoms. The van der Waals surface area contributed by atoms with Crippen LogP contribution in [0.3, 0.4) is 0 Å². The van der Waals surface area contributed by atoms with Crippen LogP contribution in [-0.4, -0.2) is 34.5 Å². The maximum atomic E-state index is 11.7. The van der Waals surface area contributed by atoms with Crippen molar-refractivity contribution in [1.82, 2.24) is 14.8 Å². The number of carbonyl (C=O) groups excluding carboxylic acids is 1. The summed E-state index contributed by atoms with van der Waals surface area (Å²) < 4.78 is 12.8. The van der Waals surface area contributed by atoms with Gasteiger partial charge in [-0.2, -0.15) is 5.10 Å². The molecule has 2 aromatic heterocycles. The van der Waals surface area contributed by atoms with Crippen molar-refractivity contribution >= 4 is 28.6 Å². The molecule has 0 atom stereocenters. The molecule has 0 aliphatic heterocycles. The Morgan fingerprint density at radius 3 is 3.00 bits per heavy atom. The Bertz CT molecular complexity index is 557. The monoisotopic (exact) mass is 373 g/mol. The molecule has 0 saturated heterocycles. The summed E-state index contributed by atoms with van der Waals surface area (Å²) in [5, 5.41) is 4.06. The number of carbonyl (C=O) groups is 1. The van der Waals surface area contributed by atoms with Gasteiger partial charge < -0.3 is 9.47 Å². The summed E-state index contributed by atoms with van der Waals surface area (Å²) in [4.78, 5) is 15.8. The van der Waals surface area contributed by atoms with E-state index in [0.29, 0.717) is 18.7 Å². The topological polar surface area (TPSA) is 66.2 Å². The van der Waals surface area contributed by atoms with Gasteiger partial charge in [0, 0.05) is 22.2 Å². The van der Waals surface area contributed by atoms with Crippen molar-refractivity contribution in [2.45, 2.75) is 6.54 Å². The second-order valence-electron chi connectivity index (χ2n) is 3.58. The molecular weight excluding hydrogens is 361 g/mol. The van der Waals surface area contributed by atoms with Crippen molar-refractivity contribution in [3.8, 4) is 5.88 Å². The molecule has 100 valence electrons. The fourth-order valence-corrected chi connectivity index (χ4v) is 2.10. The molecular formula is C12H12IN3O3. The Hall–Kier alpha value is -1.64. The minimum Gasteiger partial charge on any atom is -0.475 e. The van der Waals surface area contributed by atoms with E-state index in [0.717, 1.165) is 3.57 Å². The molecule has 0 aromatic carbocycles. The minimum atomic E-state index is -0.452. The zero-order valence-corrected chi connectivity index (χ0v) is 12.4. The molecule has 2 rings (SSSR count). The lowest BCUT2D eigenvalue weighted by Crippen LogP contribution is -2.13. The Morgan fingerprint density at radius 1 is 1.47 bits per heavy atom. The molecule has 0 amide bonds. The van der Waals surface area contributed by atoms with Crippen molar-refractivity contribution in [2.75, 3.05) is 13.7 Å². The lowest BCUT2D eigenvalue weighted by atomic mass is 10.3. The molecule has 0 unspecified atom stereocenters. The zero-order chi connectivity index (χ0) is 13.7. The molecule has 2 heterocycles. The molecule has 0 fully saturated rings. The van der Waals surface area contributed by atoms with Crippen LogP contribution in [0.2, 0.25) is 0 Å². The predicted octanol–water partition coefficient (Wildman–Crippen LogP) is 1.75. The first kappa shape index (κ1) is 13.8. The van der Waals surface area contributed by atoms with Gasteiger partial charge in [-0.15, -0.1) is 0 Å². The fraction of sp³-hybridized carbons (Fsp3) is 0.250. The summed E-state index contributed by atoms with van der Waals surface area (Å²) in [5.74, 6) is -0.169. The van der Waals surface area contributed by atoms with Gasteiger partial charge in [-0.25, -0.2) is 9.78 Å². The number of methoxy groups -OCH3 is 1. The van der Waals surface area contributed by atoms with E-state index in [1.165, 1.54) is 7.11 Å². The van der Waals surface area contributed by atoms with Crippen molar-refractivity contribution in [3.63, 3.8) is 0 Å². The van der Waals surface area contributed by atoms with E-state index in [1.54, 1.807) is 23.1 Å². The highest BCUT2D eigenvalue weighted by Crippen LogP contribution is 2.22. The van der Waals surface area contributed by atoms with Crippen LogP contribution < -0.4 is 4.74 Å². The molecule has 19 heavy (non-hydrogen) atoms. The summed E-state index contributed by atoms with van der Waals surface area (Å²) >= 11 is 2.05. The molecule has 0 aliphatic carbocycles. The van der Waals surface area contributed by atoms with E-state index in [2.05, 4.69) is 10.1 Å². The summed E-state index contributed by atoms with van der Waals surface area (Å²) in [6, 6.07) is 3.57. The standard InChI is InChI=1S/C12H12IN3O3/c1-18-12(17)10-9(13)3-5-14-11(10)19-8-7-16-6-2-4-15-16/h2-6H,7-8H2,1H3. The highest BCUT2D eigenvalue weighted by molar-refractivity contribution is 14.1. The second kappa shape index (κ2) is 6.50. The molecule has 0 radical (unpaired) electrons. The van der Waals surface area contributed by atoms with Gasteiger partial charge >= 0.3 is 5.97 Å². The maximum Gasteiger partial charge on any atom is 0.344 e. The third kappa shape index (κ3) is 3.43. The van der Waals surface area contributed by atoms with Gasteiger partial charge in [0.2, 0.25) is 5.88 Å². The normalized spacial score (nSPS) is 10.2. The maximum absolute atomic E-state index is 11.7. The zero-order valence-electron chi connectivity index (χ0n) is 10.2. The lowest BCUT2D eigenvalue weighted by molar-refractivity contribution is 0.0593. The van der Waals surface area contributed by atoms with Gasteiger partial charge in [0.25, 0.3) is 0 Å². The molecule has 6 nitrogen and oxygen atoms in total. The van der Waals surface area contributed by atoms with Crippen LogP contribution >= 0.6 is 22.6 Å². The van der Waals surface area contributed by atoms with Crippen LogP contribution in [0.15, 0.2) is 30.7 Å². The first-order valence-corrected chi connectivity index (χ1v) is 6.63. The Labute approximate surface area is 123 Å². The first-order chi connectivity index (χ1) is 9.22. The summed E-state index contributed by atoms with van der Waals surface area (Å²) in [7, 11) is 1.33. The fourth-order valence-electron chi connectivity index (χ4n) is 1.49. The van der Waals surface area contributed by atoms with E-state index in [1.807, 2.05) is 34.9 Å². The predicted molar refractivity (Wildman–Crippen MR) is 76.0 cm³/mol. The van der Waals surface area contributed by atoms with Gasteiger partial charge in [0.1, 0.15) is 12.2 Å². The smallest absolute Gasteiger partial charge is 0.344 e. The number of hydrogen-bond donors (Lipinski definition) is 0. The van der Waals surface area contributed by atoms with E-state index in [-0.39, 0.29) is 5.88 Å². The summed E-state index contributed by atoms with van der Waals surface area (Å²) in [5.41, 5.74) is 0.353. The van der Waals surface area contributed by atoms with Crippen LogP contribution in [0.4, 0.5) is 0 Å². The molecule has 2 aromatic rings.